The van der Waals surface area contributed by atoms with Crippen LogP contribution in [-0.2, 0) is 20.9 Å². The van der Waals surface area contributed by atoms with Crippen molar-refractivity contribution in [1.29, 1.82) is 0 Å². The maximum absolute atomic E-state index is 11.6. The molecule has 0 aromatic heterocycles. The van der Waals surface area contributed by atoms with E-state index in [4.69, 9.17) is 9.84 Å². The first-order valence-electron chi connectivity index (χ1n) is 6.61. The molecule has 0 aliphatic carbocycles. The fraction of sp³-hybridized carbons (Fsp3) is 0.308. The summed E-state index contributed by atoms with van der Waals surface area (Å²) in [7, 11) is 0. The number of carbonyl (C=O) groups excluding carboxylic acids is 2. The van der Waals surface area contributed by atoms with Gasteiger partial charge in [-0.1, -0.05) is 0 Å². The topological polar surface area (TPSA) is 148 Å². The number of carboxylic acid groups (broad SMARTS) is 1. The number of ether oxygens (including phenoxy) is 1. The summed E-state index contributed by atoms with van der Waals surface area (Å²) in [5, 5.41) is 20.7. The highest BCUT2D eigenvalue weighted by Crippen LogP contribution is 2.12. The summed E-state index contributed by atoms with van der Waals surface area (Å²) in [6.45, 7) is 0.910. The summed E-state index contributed by atoms with van der Waals surface area (Å²) in [4.78, 5) is 43.4. The zero-order valence-electron chi connectivity index (χ0n) is 12.6. The molecular weight excluding hydrogens is 342 g/mol. The highest BCUT2D eigenvalue weighted by molar-refractivity contribution is 8.12. The van der Waals surface area contributed by atoms with Crippen molar-refractivity contribution in [2.45, 2.75) is 19.6 Å². The van der Waals surface area contributed by atoms with Gasteiger partial charge in [0.15, 0.2) is 0 Å². The third-order valence-electron chi connectivity index (χ3n) is 2.60. The summed E-state index contributed by atoms with van der Waals surface area (Å²) in [5.74, 6) is -1.11. The number of non-ortho nitro benzene ring substituents is 1. The predicted molar refractivity (Wildman–Crippen MR) is 84.1 cm³/mol. The van der Waals surface area contributed by atoms with Crippen molar-refractivity contribution in [2.75, 3.05) is 6.54 Å². The van der Waals surface area contributed by atoms with Crippen LogP contribution in [0.1, 0.15) is 12.5 Å². The van der Waals surface area contributed by atoms with Crippen molar-refractivity contribution < 1.29 is 29.2 Å². The van der Waals surface area contributed by atoms with Crippen LogP contribution < -0.4 is 10.0 Å². The molecule has 1 aromatic carbocycles. The van der Waals surface area contributed by atoms with Crippen molar-refractivity contribution in [3.05, 3.63) is 39.9 Å². The molecule has 0 spiro atoms. The fourth-order valence-electron chi connectivity index (χ4n) is 1.40. The molecule has 11 heteroatoms. The Labute approximate surface area is 140 Å². The van der Waals surface area contributed by atoms with Crippen molar-refractivity contribution in [3.8, 4) is 0 Å². The van der Waals surface area contributed by atoms with Crippen LogP contribution >= 0.6 is 11.9 Å². The molecule has 1 aromatic rings. The normalized spacial score (nSPS) is 11.4. The number of carboxylic acids is 1. The Balaban J connectivity index is 2.35. The second-order valence-corrected chi connectivity index (χ2v) is 5.40. The number of carbonyl (C=O) groups is 3. The van der Waals surface area contributed by atoms with E-state index in [2.05, 4.69) is 10.0 Å². The molecule has 1 atom stereocenters. The van der Waals surface area contributed by atoms with E-state index in [0.717, 1.165) is 0 Å². The van der Waals surface area contributed by atoms with Gasteiger partial charge in [-0.15, -0.1) is 0 Å². The minimum atomic E-state index is -1.11. The second kappa shape index (κ2) is 9.47. The van der Waals surface area contributed by atoms with E-state index in [1.807, 2.05) is 0 Å². The lowest BCUT2D eigenvalue weighted by molar-refractivity contribution is -0.384. The lowest BCUT2D eigenvalue weighted by atomic mass is 10.2. The average Bonchev–Trinajstić information content (AvgIpc) is 2.52. The van der Waals surface area contributed by atoms with Gasteiger partial charge >= 0.3 is 12.1 Å². The van der Waals surface area contributed by atoms with Crippen LogP contribution in [0, 0.1) is 10.1 Å². The molecule has 24 heavy (non-hydrogen) atoms. The standard InChI is InChI=1S/C13H15N3O7S/c1-8(12(19)24-14-6-11(17)18)15-13(20)23-7-9-2-4-10(5-3-9)16(21)22/h2-5,8,14H,6-7H2,1H3,(H,15,20)(H,17,18)/t8-/m0/s1. The van der Waals surface area contributed by atoms with Crippen LogP contribution in [0.3, 0.4) is 0 Å². The molecule has 0 fully saturated rings. The molecule has 0 radical (unpaired) electrons. The Bertz CT molecular complexity index is 620. The van der Waals surface area contributed by atoms with E-state index in [0.29, 0.717) is 17.5 Å². The van der Waals surface area contributed by atoms with E-state index in [1.54, 1.807) is 0 Å². The fourth-order valence-corrected chi connectivity index (χ4v) is 1.97. The van der Waals surface area contributed by atoms with Crippen LogP contribution in [-0.4, -0.2) is 39.8 Å². The molecule has 0 saturated heterocycles. The van der Waals surface area contributed by atoms with Gasteiger partial charge in [-0.05, 0) is 36.6 Å². The molecule has 3 N–H and O–H groups in total. The number of nitro groups is 1. The number of aliphatic carboxylic acids is 1. The second-order valence-electron chi connectivity index (χ2n) is 4.50. The zero-order chi connectivity index (χ0) is 18.1. The van der Waals surface area contributed by atoms with Gasteiger partial charge in [0.1, 0.15) is 13.2 Å². The van der Waals surface area contributed by atoms with Crippen LogP contribution in [0.4, 0.5) is 10.5 Å². The maximum atomic E-state index is 11.6. The summed E-state index contributed by atoms with van der Waals surface area (Å²) in [5.41, 5.74) is 0.473. The molecule has 0 aliphatic rings. The lowest BCUT2D eigenvalue weighted by Gasteiger charge is -2.12. The van der Waals surface area contributed by atoms with Gasteiger partial charge in [0.2, 0.25) is 5.12 Å². The maximum Gasteiger partial charge on any atom is 0.408 e. The molecule has 0 saturated carbocycles. The first kappa shape index (κ1) is 19.4. The molecular formula is C13H15N3O7S. The van der Waals surface area contributed by atoms with E-state index in [9.17, 15) is 24.5 Å². The van der Waals surface area contributed by atoms with Gasteiger partial charge in [0.05, 0.1) is 11.0 Å². The minimum absolute atomic E-state index is 0.0756. The van der Waals surface area contributed by atoms with E-state index >= 15 is 0 Å². The van der Waals surface area contributed by atoms with Gasteiger partial charge in [-0.2, -0.15) is 0 Å². The third kappa shape index (κ3) is 7.07. The minimum Gasteiger partial charge on any atom is -0.480 e. The highest BCUT2D eigenvalue weighted by atomic mass is 32.2. The smallest absolute Gasteiger partial charge is 0.408 e. The number of amides is 1. The largest absolute Gasteiger partial charge is 0.480 e. The Morgan fingerprint density at radius 3 is 2.50 bits per heavy atom. The molecule has 1 rings (SSSR count). The van der Waals surface area contributed by atoms with Crippen molar-refractivity contribution in [3.63, 3.8) is 0 Å². The molecule has 10 nitrogen and oxygen atoms in total. The van der Waals surface area contributed by atoms with Crippen LogP contribution in [0.25, 0.3) is 0 Å². The Kier molecular flexibility index (Phi) is 7.65. The number of nitrogens with one attached hydrogen (secondary N) is 2. The summed E-state index contributed by atoms with van der Waals surface area (Å²) < 4.78 is 7.23. The van der Waals surface area contributed by atoms with Crippen molar-refractivity contribution in [2.24, 2.45) is 0 Å². The van der Waals surface area contributed by atoms with Crippen molar-refractivity contribution in [1.82, 2.24) is 10.0 Å². The Morgan fingerprint density at radius 1 is 1.33 bits per heavy atom. The number of benzene rings is 1. The summed E-state index contributed by atoms with van der Waals surface area (Å²) >= 11 is 0.570. The Hall–Kier alpha value is -2.66. The average molecular weight is 357 g/mol. The molecule has 0 unspecified atom stereocenters. The van der Waals surface area contributed by atoms with Crippen LogP contribution in [0.5, 0.6) is 0 Å². The third-order valence-corrected chi connectivity index (χ3v) is 3.44. The van der Waals surface area contributed by atoms with Gasteiger partial charge in [0, 0.05) is 12.1 Å². The SMILES string of the molecule is C[C@H](NC(=O)OCc1ccc([N+](=O)[O-])cc1)C(=O)SNCC(=O)O. The van der Waals surface area contributed by atoms with Crippen LogP contribution in [0.15, 0.2) is 24.3 Å². The summed E-state index contributed by atoms with van der Waals surface area (Å²) in [6.07, 6.45) is -0.840. The Morgan fingerprint density at radius 2 is 1.96 bits per heavy atom. The molecule has 0 aliphatic heterocycles. The van der Waals surface area contributed by atoms with Crippen LogP contribution in [0.2, 0.25) is 0 Å². The number of hydrogen-bond donors (Lipinski definition) is 3. The monoisotopic (exact) mass is 357 g/mol. The molecule has 130 valence electrons. The number of nitrogens with zero attached hydrogens (tertiary/aromatic N) is 1. The van der Waals surface area contributed by atoms with Gasteiger partial charge in [0.25, 0.3) is 5.69 Å². The predicted octanol–water partition coefficient (Wildman–Crippen LogP) is 1.06. The highest BCUT2D eigenvalue weighted by Gasteiger charge is 2.17. The van der Waals surface area contributed by atoms with Gasteiger partial charge in [-0.25, -0.2) is 9.52 Å². The van der Waals surface area contributed by atoms with Gasteiger partial charge < -0.3 is 15.2 Å². The van der Waals surface area contributed by atoms with Gasteiger partial charge in [-0.3, -0.25) is 19.7 Å². The number of alkyl carbamates (subject to hydrolysis) is 1. The van der Waals surface area contributed by atoms with E-state index in [-0.39, 0.29) is 12.3 Å². The number of rotatable bonds is 8. The van der Waals surface area contributed by atoms with Crippen molar-refractivity contribution >= 4 is 34.8 Å². The molecule has 0 heterocycles. The van der Waals surface area contributed by atoms with E-state index < -0.39 is 34.7 Å². The summed E-state index contributed by atoms with van der Waals surface area (Å²) in [6, 6.07) is 4.58. The molecule has 0 bridgehead atoms. The quantitative estimate of drug-likeness (QED) is 0.353. The first-order chi connectivity index (χ1) is 11.3. The number of hydrogen-bond acceptors (Lipinski definition) is 8. The lowest BCUT2D eigenvalue weighted by Crippen LogP contribution is -2.38. The zero-order valence-corrected chi connectivity index (χ0v) is 13.4. The van der Waals surface area contributed by atoms with E-state index in [1.165, 1.54) is 31.2 Å². The first-order valence-corrected chi connectivity index (χ1v) is 7.43. The molecule has 1 amide bonds. The number of nitro benzene ring substituents is 1.